The van der Waals surface area contributed by atoms with Crippen molar-refractivity contribution in [3.8, 4) is 0 Å². The van der Waals surface area contributed by atoms with Gasteiger partial charge in [0.25, 0.3) is 17.7 Å². The van der Waals surface area contributed by atoms with Crippen molar-refractivity contribution < 1.29 is 27.3 Å². The lowest BCUT2D eigenvalue weighted by atomic mass is 9.91. The van der Waals surface area contributed by atoms with Crippen LogP contribution in [0.4, 0.5) is 0 Å². The summed E-state index contributed by atoms with van der Waals surface area (Å²) in [6.07, 6.45) is 4.49. The highest BCUT2D eigenvalue weighted by Gasteiger charge is 2.42. The summed E-state index contributed by atoms with van der Waals surface area (Å²) in [7, 11) is -3.66. The molecule has 0 spiro atoms. The van der Waals surface area contributed by atoms with Crippen LogP contribution in [0, 0.1) is 0 Å². The summed E-state index contributed by atoms with van der Waals surface area (Å²) in [5.74, 6) is -0.110. The third-order valence-electron chi connectivity index (χ3n) is 7.83. The Morgan fingerprint density at radius 2 is 1.66 bits per heavy atom. The molecule has 2 aliphatic heterocycles. The van der Waals surface area contributed by atoms with Crippen LogP contribution in [-0.2, 0) is 10.0 Å². The van der Waals surface area contributed by atoms with Crippen LogP contribution < -0.4 is 5.32 Å². The summed E-state index contributed by atoms with van der Waals surface area (Å²) in [6, 6.07) is 7.64. The number of aromatic nitrogens is 1. The number of nitrogens with one attached hydrogen (secondary N) is 1. The van der Waals surface area contributed by atoms with Gasteiger partial charge in [0.05, 0.1) is 16.9 Å². The number of hydrogen-bond acceptors (Lipinski definition) is 7. The van der Waals surface area contributed by atoms with Gasteiger partial charge in [0.1, 0.15) is 5.76 Å². The molecule has 11 heteroatoms. The first-order valence-electron chi connectivity index (χ1n) is 13.5. The van der Waals surface area contributed by atoms with Gasteiger partial charge < -0.3 is 9.84 Å². The molecule has 0 radical (unpaired) electrons. The van der Waals surface area contributed by atoms with E-state index < -0.39 is 10.0 Å². The van der Waals surface area contributed by atoms with Crippen molar-refractivity contribution in [3.05, 3.63) is 52.9 Å². The van der Waals surface area contributed by atoms with Gasteiger partial charge in [0, 0.05) is 36.7 Å². The van der Waals surface area contributed by atoms with Gasteiger partial charge in [-0.25, -0.2) is 8.42 Å². The van der Waals surface area contributed by atoms with E-state index in [4.69, 9.17) is 4.52 Å². The molecule has 3 atom stereocenters. The molecule has 2 fully saturated rings. The van der Waals surface area contributed by atoms with E-state index >= 15 is 0 Å². The fourth-order valence-corrected chi connectivity index (χ4v) is 7.78. The molecular formula is C27H34N4O6S. The Morgan fingerprint density at radius 3 is 2.21 bits per heavy atom. The van der Waals surface area contributed by atoms with E-state index in [1.165, 1.54) is 0 Å². The number of hydrogen-bond donors (Lipinski definition) is 1. The number of benzene rings is 1. The van der Waals surface area contributed by atoms with Crippen molar-refractivity contribution in [1.82, 2.24) is 19.7 Å². The minimum absolute atomic E-state index is 0.0478. The first kappa shape index (κ1) is 26.6. The topological polar surface area (TPSA) is 130 Å². The van der Waals surface area contributed by atoms with Crippen LogP contribution in [0.25, 0.3) is 0 Å². The molecule has 1 aromatic carbocycles. The number of rotatable bonds is 10. The number of nitrogens with zero attached hydrogens (tertiary/aromatic N) is 3. The fourth-order valence-electron chi connectivity index (χ4n) is 5.69. The molecule has 1 saturated heterocycles. The number of carbonyl (C=O) groups excluding carboxylic acids is 3. The molecule has 3 aliphatic rings. The normalized spacial score (nSPS) is 24.1. The summed E-state index contributed by atoms with van der Waals surface area (Å²) in [4.78, 5) is 39.2. The van der Waals surface area contributed by atoms with Crippen LogP contribution in [0.2, 0.25) is 0 Å². The lowest BCUT2D eigenvalue weighted by Crippen LogP contribution is -2.57. The molecule has 2 aromatic rings. The Morgan fingerprint density at radius 1 is 1.05 bits per heavy atom. The predicted octanol–water partition coefficient (Wildman–Crippen LogP) is 3.32. The van der Waals surface area contributed by atoms with Crippen molar-refractivity contribution in [1.29, 1.82) is 0 Å². The monoisotopic (exact) mass is 542 g/mol. The maximum atomic E-state index is 13.5. The van der Waals surface area contributed by atoms with Crippen molar-refractivity contribution >= 4 is 27.7 Å². The average Bonchev–Trinajstić information content (AvgIpc) is 3.59. The van der Waals surface area contributed by atoms with E-state index in [1.807, 2.05) is 13.8 Å². The molecular weight excluding hydrogens is 508 g/mol. The molecule has 1 N–H and O–H groups in total. The van der Waals surface area contributed by atoms with Crippen LogP contribution in [-0.4, -0.2) is 70.9 Å². The zero-order valence-corrected chi connectivity index (χ0v) is 22.6. The summed E-state index contributed by atoms with van der Waals surface area (Å²) in [5, 5.41) is 6.96. The average molecular weight is 543 g/mol. The van der Waals surface area contributed by atoms with Crippen LogP contribution in [0.15, 0.2) is 34.9 Å². The Balaban J connectivity index is 1.20. The number of piperidine rings is 1. The fraction of sp³-hybridized carbons (Fsp3) is 0.556. The smallest absolute Gasteiger partial charge is 0.273 e. The van der Waals surface area contributed by atoms with Gasteiger partial charge in [-0.2, -0.15) is 4.31 Å². The molecule has 1 saturated carbocycles. The van der Waals surface area contributed by atoms with Crippen LogP contribution >= 0.6 is 0 Å². The lowest BCUT2D eigenvalue weighted by molar-refractivity contribution is 0.0652. The first-order valence-corrected chi connectivity index (χ1v) is 15.1. The summed E-state index contributed by atoms with van der Waals surface area (Å²) >= 11 is 0. The van der Waals surface area contributed by atoms with Gasteiger partial charge in [-0.05, 0) is 57.1 Å². The maximum Gasteiger partial charge on any atom is 0.273 e. The second kappa shape index (κ2) is 10.6. The van der Waals surface area contributed by atoms with Gasteiger partial charge in [-0.15, -0.1) is 0 Å². The molecule has 10 nitrogen and oxygen atoms in total. The highest BCUT2D eigenvalue weighted by Crippen LogP contribution is 2.40. The van der Waals surface area contributed by atoms with Gasteiger partial charge >= 0.3 is 0 Å². The maximum absolute atomic E-state index is 13.5. The van der Waals surface area contributed by atoms with Crippen molar-refractivity contribution in [2.75, 3.05) is 12.3 Å². The van der Waals surface area contributed by atoms with E-state index in [2.05, 4.69) is 10.5 Å². The Hall–Kier alpha value is -3.05. The van der Waals surface area contributed by atoms with Gasteiger partial charge in [0.15, 0.2) is 5.69 Å². The Labute approximate surface area is 222 Å². The van der Waals surface area contributed by atoms with Gasteiger partial charge in [0.2, 0.25) is 10.0 Å². The van der Waals surface area contributed by atoms with Crippen molar-refractivity contribution in [2.24, 2.45) is 0 Å². The summed E-state index contributed by atoms with van der Waals surface area (Å²) in [6.45, 7) is 3.94. The minimum atomic E-state index is -3.66. The Bertz CT molecular complexity index is 1290. The van der Waals surface area contributed by atoms with E-state index in [0.717, 1.165) is 23.5 Å². The number of sulfonamides is 1. The molecule has 3 amide bonds. The first-order chi connectivity index (χ1) is 18.2. The molecule has 1 aliphatic carbocycles. The molecule has 5 rings (SSSR count). The highest BCUT2D eigenvalue weighted by atomic mass is 32.2. The second-order valence-corrected chi connectivity index (χ2v) is 12.5. The largest absolute Gasteiger partial charge is 0.360 e. The summed E-state index contributed by atoms with van der Waals surface area (Å²) < 4.78 is 34.0. The SMILES string of the molecule is CC[C@@H]1C[C@H](NC(=O)c2cc(C3CC3)on2)C[C@H](CC)N1S(=O)(=O)CCCN1C(=O)c2ccccc2C1=O. The summed E-state index contributed by atoms with van der Waals surface area (Å²) in [5.41, 5.74) is 0.975. The third kappa shape index (κ3) is 5.13. The molecule has 1 aromatic heterocycles. The molecule has 204 valence electrons. The van der Waals surface area contributed by atoms with E-state index in [-0.39, 0.29) is 60.3 Å². The van der Waals surface area contributed by atoms with Crippen molar-refractivity contribution in [2.45, 2.75) is 82.8 Å². The Kier molecular flexibility index (Phi) is 7.41. The number of carbonyl (C=O) groups is 3. The molecule has 38 heavy (non-hydrogen) atoms. The quantitative estimate of drug-likeness (QED) is 0.456. The van der Waals surface area contributed by atoms with E-state index in [1.54, 1.807) is 34.6 Å². The number of imide groups is 1. The number of fused-ring (bicyclic) bond motifs is 1. The van der Waals surface area contributed by atoms with E-state index in [9.17, 15) is 22.8 Å². The van der Waals surface area contributed by atoms with Crippen LogP contribution in [0.3, 0.4) is 0 Å². The lowest BCUT2D eigenvalue weighted by Gasteiger charge is -2.44. The number of amides is 3. The third-order valence-corrected chi connectivity index (χ3v) is 9.88. The predicted molar refractivity (Wildman–Crippen MR) is 139 cm³/mol. The van der Waals surface area contributed by atoms with Crippen LogP contribution in [0.1, 0.15) is 102 Å². The zero-order chi connectivity index (χ0) is 27.0. The molecule has 3 heterocycles. The zero-order valence-electron chi connectivity index (χ0n) is 21.8. The van der Waals surface area contributed by atoms with Gasteiger partial charge in [-0.1, -0.05) is 31.1 Å². The molecule has 0 bridgehead atoms. The van der Waals surface area contributed by atoms with Crippen LogP contribution in [0.5, 0.6) is 0 Å². The van der Waals surface area contributed by atoms with Gasteiger partial charge in [-0.3, -0.25) is 19.3 Å². The standard InChI is InChI=1S/C27H34N4O6S/c1-3-19-14-18(28-25(32)23-16-24(37-29-23)17-10-11-17)15-20(4-2)31(19)38(35,36)13-7-12-30-26(33)21-8-5-6-9-22(21)27(30)34/h5-6,8-9,16-20H,3-4,7,10-15H2,1-2H3,(H,28,32)/t18-,19+,20-. The highest BCUT2D eigenvalue weighted by molar-refractivity contribution is 7.89. The second-order valence-electron chi connectivity index (χ2n) is 10.5. The molecule has 0 unspecified atom stereocenters. The van der Waals surface area contributed by atoms with E-state index in [0.29, 0.717) is 42.7 Å². The minimum Gasteiger partial charge on any atom is -0.360 e. The van der Waals surface area contributed by atoms with Crippen molar-refractivity contribution in [3.63, 3.8) is 0 Å².